The molecule has 9 nitrogen and oxygen atoms in total. The van der Waals surface area contributed by atoms with Crippen molar-refractivity contribution in [1.29, 1.82) is 0 Å². The number of hydrogen-bond donors (Lipinski definition) is 2. The first-order valence-electron chi connectivity index (χ1n) is 20.2. The third kappa shape index (κ3) is 12.3. The molecule has 0 bridgehead atoms. The van der Waals surface area contributed by atoms with Gasteiger partial charge in [0.2, 0.25) is 5.91 Å². The average molecular weight is 797 g/mol. The van der Waals surface area contributed by atoms with Gasteiger partial charge in [-0.05, 0) is 122 Å². The summed E-state index contributed by atoms with van der Waals surface area (Å²) < 4.78 is 42.4. The fourth-order valence-corrected chi connectivity index (χ4v) is 7.78. The van der Waals surface area contributed by atoms with E-state index in [-0.39, 0.29) is 43.1 Å². The van der Waals surface area contributed by atoms with Crippen molar-refractivity contribution in [2.45, 2.75) is 64.1 Å². The molecule has 306 valence electrons. The van der Waals surface area contributed by atoms with Gasteiger partial charge in [0, 0.05) is 37.3 Å². The van der Waals surface area contributed by atoms with Crippen LogP contribution in [-0.2, 0) is 22.6 Å². The van der Waals surface area contributed by atoms with Crippen LogP contribution in [0.2, 0.25) is 0 Å². The van der Waals surface area contributed by atoms with E-state index in [1.165, 1.54) is 56.4 Å². The summed E-state index contributed by atoms with van der Waals surface area (Å²) in [4.78, 5) is 54.9. The fraction of sp³-hybridized carbons (Fsp3) is 0.391. The number of hydrogen-bond acceptors (Lipinski definition) is 6. The van der Waals surface area contributed by atoms with Gasteiger partial charge in [-0.1, -0.05) is 79.9 Å². The number of ether oxygens (including phenoxy) is 1. The Morgan fingerprint density at radius 2 is 1.38 bits per heavy atom. The van der Waals surface area contributed by atoms with E-state index >= 15 is 0 Å². The number of piperidine rings is 2. The highest BCUT2D eigenvalue weighted by Gasteiger charge is 2.41. The molecule has 4 aromatic carbocycles. The Balaban J connectivity index is 1.08. The van der Waals surface area contributed by atoms with Crippen LogP contribution in [0.3, 0.4) is 0 Å². The molecule has 0 spiro atoms. The molecule has 2 aliphatic heterocycles. The molecule has 2 fully saturated rings. The molecule has 3 amide bonds. The van der Waals surface area contributed by atoms with Crippen LogP contribution in [0.25, 0.3) is 11.1 Å². The van der Waals surface area contributed by atoms with Gasteiger partial charge in [0.25, 0.3) is 11.8 Å². The van der Waals surface area contributed by atoms with Crippen LogP contribution in [0, 0.1) is 11.8 Å². The highest BCUT2D eigenvalue weighted by molar-refractivity contribution is 5.96. The molecular formula is C46H51F3N4O5. The number of nitrogens with zero attached hydrogens (tertiary/aromatic N) is 2. The molecule has 12 heteroatoms. The van der Waals surface area contributed by atoms with E-state index < -0.39 is 12.1 Å². The van der Waals surface area contributed by atoms with Crippen molar-refractivity contribution in [3.8, 4) is 16.9 Å². The maximum atomic E-state index is 13.7. The van der Waals surface area contributed by atoms with Gasteiger partial charge < -0.3 is 25.2 Å². The second-order valence-electron chi connectivity index (χ2n) is 15.3. The lowest BCUT2D eigenvalue weighted by molar-refractivity contribution is -0.189. The monoisotopic (exact) mass is 796 g/mol. The van der Waals surface area contributed by atoms with Crippen molar-refractivity contribution in [2.75, 3.05) is 39.3 Å². The summed E-state index contributed by atoms with van der Waals surface area (Å²) in [5.74, 6) is -1.71. The van der Waals surface area contributed by atoms with Gasteiger partial charge in [0.15, 0.2) is 0 Å². The van der Waals surface area contributed by atoms with Crippen molar-refractivity contribution in [2.24, 2.45) is 11.8 Å². The number of likely N-dealkylation sites (tertiary alicyclic amines) is 1. The van der Waals surface area contributed by atoms with E-state index in [1.807, 2.05) is 53.4 Å². The van der Waals surface area contributed by atoms with E-state index in [4.69, 9.17) is 0 Å². The smallest absolute Gasteiger partial charge is 0.420 e. The van der Waals surface area contributed by atoms with Crippen LogP contribution >= 0.6 is 0 Å². The molecule has 2 aliphatic rings. The summed E-state index contributed by atoms with van der Waals surface area (Å²) in [7, 11) is 0. The summed E-state index contributed by atoms with van der Waals surface area (Å²) >= 11 is 0. The lowest BCUT2D eigenvalue weighted by Crippen LogP contribution is -2.40. The molecule has 2 N–H and O–H groups in total. The van der Waals surface area contributed by atoms with Crippen LogP contribution in [-0.4, -0.2) is 78.9 Å². The zero-order valence-corrected chi connectivity index (χ0v) is 32.6. The Morgan fingerprint density at radius 1 is 0.741 bits per heavy atom. The lowest BCUT2D eigenvalue weighted by atomic mass is 9.87. The topological polar surface area (TPSA) is 108 Å². The van der Waals surface area contributed by atoms with Gasteiger partial charge in [0.05, 0.1) is 6.54 Å². The van der Waals surface area contributed by atoms with E-state index in [9.17, 15) is 32.3 Å². The van der Waals surface area contributed by atoms with Crippen molar-refractivity contribution in [3.05, 3.63) is 125 Å². The molecule has 2 saturated heterocycles. The molecular weight excluding hydrogens is 746 g/mol. The summed E-state index contributed by atoms with van der Waals surface area (Å²) in [5, 5.41) is 6.14. The number of halogens is 3. The first kappa shape index (κ1) is 42.1. The molecule has 6 rings (SSSR count). The number of nitrogens with one attached hydrogen (secondary N) is 2. The lowest BCUT2D eigenvalue weighted by Gasteiger charge is -2.32. The number of benzene rings is 4. The Hall–Kier alpha value is -5.49. The van der Waals surface area contributed by atoms with Gasteiger partial charge in [-0.3, -0.25) is 14.4 Å². The maximum Gasteiger partial charge on any atom is 0.491 e. The zero-order chi connectivity index (χ0) is 40.9. The minimum absolute atomic E-state index is 0.0343. The van der Waals surface area contributed by atoms with Gasteiger partial charge in [-0.15, -0.1) is 0 Å². The predicted molar refractivity (Wildman–Crippen MR) is 216 cm³/mol. The van der Waals surface area contributed by atoms with Crippen molar-refractivity contribution < 1.29 is 37.1 Å². The molecule has 2 heterocycles. The summed E-state index contributed by atoms with van der Waals surface area (Å²) in [6.07, 6.45) is 3.68. The quantitative estimate of drug-likeness (QED) is 0.0938. The SMILES string of the molecule is O=C(NCC(=O)N(CCc1ccc(OC(=O)C(F)(F)F)cc1)Cc1cccc(-c2cccc(C(=O)N3CCC(CCCC4CCNCC4)CC3)c2)c1)c1ccccc1. The average Bonchev–Trinajstić information content (AvgIpc) is 3.25. The summed E-state index contributed by atoms with van der Waals surface area (Å²) in [6, 6.07) is 29.6. The van der Waals surface area contributed by atoms with Crippen LogP contribution < -0.4 is 15.4 Å². The van der Waals surface area contributed by atoms with Crippen LogP contribution in [0.5, 0.6) is 5.75 Å². The summed E-state index contributed by atoms with van der Waals surface area (Å²) in [5.41, 5.74) is 4.34. The highest BCUT2D eigenvalue weighted by Crippen LogP contribution is 2.28. The van der Waals surface area contributed by atoms with Crippen LogP contribution in [0.1, 0.15) is 76.8 Å². The normalized spacial score (nSPS) is 15.1. The molecule has 4 aromatic rings. The summed E-state index contributed by atoms with van der Waals surface area (Å²) in [6.45, 7) is 3.99. The standard InChI is InChI=1S/C46H51F3N4O5/c47-46(48,49)45(57)58-41-17-15-35(16-18-41)23-28-53(42(54)31-51-43(55)37-10-2-1-3-11-37)32-36-9-5-12-38(29-36)39-13-6-14-40(30-39)44(56)52-26-21-34(22-27-52)8-4-7-33-19-24-50-25-20-33/h1-3,5-6,9-18,29-30,33-34,50H,4,7-8,19-28,31-32H2,(H,51,55). The number of carbonyl (C=O) groups excluding carboxylic acids is 4. The number of carbonyl (C=O) groups is 4. The minimum Gasteiger partial charge on any atom is -0.420 e. The van der Waals surface area contributed by atoms with Crippen molar-refractivity contribution in [1.82, 2.24) is 20.4 Å². The van der Waals surface area contributed by atoms with Crippen molar-refractivity contribution >= 4 is 23.7 Å². The Bertz CT molecular complexity index is 1990. The molecule has 0 aliphatic carbocycles. The van der Waals surface area contributed by atoms with E-state index in [2.05, 4.69) is 15.4 Å². The van der Waals surface area contributed by atoms with Crippen LogP contribution in [0.4, 0.5) is 13.2 Å². The largest absolute Gasteiger partial charge is 0.491 e. The molecule has 0 aromatic heterocycles. The first-order valence-corrected chi connectivity index (χ1v) is 20.2. The Kier molecular flexibility index (Phi) is 14.7. The third-order valence-electron chi connectivity index (χ3n) is 11.2. The van der Waals surface area contributed by atoms with Gasteiger partial charge >= 0.3 is 12.1 Å². The Labute approximate surface area is 337 Å². The third-order valence-corrected chi connectivity index (χ3v) is 11.2. The molecule has 0 atom stereocenters. The number of alkyl halides is 3. The highest BCUT2D eigenvalue weighted by atomic mass is 19.4. The second-order valence-corrected chi connectivity index (χ2v) is 15.3. The predicted octanol–water partition coefficient (Wildman–Crippen LogP) is 7.84. The maximum absolute atomic E-state index is 13.7. The number of rotatable bonds is 15. The molecule has 0 unspecified atom stereocenters. The van der Waals surface area contributed by atoms with Crippen molar-refractivity contribution in [3.63, 3.8) is 0 Å². The van der Waals surface area contributed by atoms with Crippen LogP contribution in [0.15, 0.2) is 103 Å². The van der Waals surface area contributed by atoms with E-state index in [0.29, 0.717) is 29.0 Å². The fourth-order valence-electron chi connectivity index (χ4n) is 7.78. The minimum atomic E-state index is -5.11. The van der Waals surface area contributed by atoms with Gasteiger partial charge in [-0.25, -0.2) is 4.79 Å². The van der Waals surface area contributed by atoms with E-state index in [0.717, 1.165) is 61.6 Å². The van der Waals surface area contributed by atoms with Gasteiger partial charge in [-0.2, -0.15) is 13.2 Å². The number of amides is 3. The van der Waals surface area contributed by atoms with E-state index in [1.54, 1.807) is 35.2 Å². The molecule has 0 saturated carbocycles. The molecule has 0 radical (unpaired) electrons. The second kappa shape index (κ2) is 20.3. The first-order chi connectivity index (χ1) is 28.0. The number of esters is 1. The van der Waals surface area contributed by atoms with Gasteiger partial charge in [0.1, 0.15) is 5.75 Å². The zero-order valence-electron chi connectivity index (χ0n) is 32.6. The Morgan fingerprint density at radius 3 is 2.07 bits per heavy atom. The molecule has 58 heavy (non-hydrogen) atoms.